The molecule has 0 aromatic heterocycles. The van der Waals surface area contributed by atoms with Gasteiger partial charge in [0.05, 0.1) is 39.0 Å². The number of carbonyl (C=O) groups is 4. The lowest BCUT2D eigenvalue weighted by atomic mass is 10.2. The molecule has 39 heavy (non-hydrogen) atoms. The molecular formula is C25H35N3O10S. The highest BCUT2D eigenvalue weighted by Gasteiger charge is 2.61. The molecule has 0 bridgehead atoms. The van der Waals surface area contributed by atoms with Crippen molar-refractivity contribution >= 4 is 39.8 Å². The molecule has 3 amide bonds. The van der Waals surface area contributed by atoms with E-state index in [9.17, 15) is 27.6 Å². The molecular weight excluding hydrogens is 534 g/mol. The molecule has 1 aromatic carbocycles. The molecule has 13 nitrogen and oxygen atoms in total. The highest BCUT2D eigenvalue weighted by molar-refractivity contribution is 7.92. The maximum absolute atomic E-state index is 13.3. The van der Waals surface area contributed by atoms with Gasteiger partial charge in [0.15, 0.2) is 0 Å². The zero-order valence-electron chi connectivity index (χ0n) is 22.4. The fraction of sp³-hybridized carbons (Fsp3) is 0.520. The minimum Gasteiger partial charge on any atom is -0.469 e. The van der Waals surface area contributed by atoms with Crippen molar-refractivity contribution in [2.75, 3.05) is 37.8 Å². The van der Waals surface area contributed by atoms with E-state index >= 15 is 0 Å². The number of para-hydroxylation sites is 1. The molecule has 0 unspecified atom stereocenters. The van der Waals surface area contributed by atoms with E-state index in [1.54, 1.807) is 26.8 Å². The molecule has 14 heteroatoms. The topological polar surface area (TPSA) is 167 Å². The first kappa shape index (κ1) is 31.7. The van der Waals surface area contributed by atoms with Crippen LogP contribution in [0.15, 0.2) is 43.0 Å². The standard InChI is InChI=1S/C25H35N3O10S/c1-6-18-16-25(18,26-23(32)38-24(2,3)4)22(31)27-39(33,34)28(19-10-8-7-9-11-19)20(29)17-37-15-14-36-13-12-21(30)35-5/h6-11,18H,1,12-17H2,2-5H3,(H,26,32)(H,27,31)/t18-,25-/m1/s1. The largest absolute Gasteiger partial charge is 0.469 e. The second kappa shape index (κ2) is 13.5. The number of anilines is 1. The lowest BCUT2D eigenvalue weighted by molar-refractivity contribution is -0.141. The Kier molecular flexibility index (Phi) is 11.0. The average Bonchev–Trinajstić information content (AvgIpc) is 3.56. The molecule has 2 N–H and O–H groups in total. The van der Waals surface area contributed by atoms with Gasteiger partial charge in [0.2, 0.25) is 0 Å². The lowest BCUT2D eigenvalue weighted by Gasteiger charge is -2.26. The van der Waals surface area contributed by atoms with Crippen LogP contribution in [-0.2, 0) is 43.5 Å². The summed E-state index contributed by atoms with van der Waals surface area (Å²) in [7, 11) is -3.53. The van der Waals surface area contributed by atoms with Crippen molar-refractivity contribution in [3.8, 4) is 0 Å². The van der Waals surface area contributed by atoms with Gasteiger partial charge >= 0.3 is 22.3 Å². The maximum Gasteiger partial charge on any atom is 0.408 e. The van der Waals surface area contributed by atoms with Gasteiger partial charge < -0.3 is 24.3 Å². The Morgan fingerprint density at radius 2 is 1.74 bits per heavy atom. The van der Waals surface area contributed by atoms with Crippen molar-refractivity contribution in [2.45, 2.75) is 44.8 Å². The highest BCUT2D eigenvalue weighted by Crippen LogP contribution is 2.45. The van der Waals surface area contributed by atoms with Gasteiger partial charge in [-0.25, -0.2) is 9.52 Å². The Balaban J connectivity index is 2.10. The van der Waals surface area contributed by atoms with Gasteiger partial charge in [0, 0.05) is 5.92 Å². The second-order valence-corrected chi connectivity index (χ2v) is 11.1. The predicted octanol–water partition coefficient (Wildman–Crippen LogP) is 1.45. The van der Waals surface area contributed by atoms with Crippen LogP contribution in [0, 0.1) is 5.92 Å². The first-order valence-electron chi connectivity index (χ1n) is 12.1. The first-order chi connectivity index (χ1) is 18.3. The van der Waals surface area contributed by atoms with E-state index in [1.165, 1.54) is 37.5 Å². The Morgan fingerprint density at radius 1 is 1.10 bits per heavy atom. The van der Waals surface area contributed by atoms with Crippen LogP contribution in [0.1, 0.15) is 33.6 Å². The quantitative estimate of drug-likeness (QED) is 0.190. The number of alkyl carbamates (subject to hydrolysis) is 1. The highest BCUT2D eigenvalue weighted by atomic mass is 32.2. The number of esters is 1. The third-order valence-corrected chi connectivity index (χ3v) is 6.72. The summed E-state index contributed by atoms with van der Waals surface area (Å²) < 4.78 is 49.1. The van der Waals surface area contributed by atoms with Gasteiger partial charge in [-0.1, -0.05) is 24.3 Å². The molecule has 0 radical (unpaired) electrons. The Bertz CT molecular complexity index is 1150. The zero-order chi connectivity index (χ0) is 29.3. The molecule has 2 atom stereocenters. The van der Waals surface area contributed by atoms with Gasteiger partial charge in [-0.05, 0) is 39.3 Å². The normalized spacial score (nSPS) is 18.4. The Labute approximate surface area is 228 Å². The second-order valence-electron chi connectivity index (χ2n) is 9.57. The van der Waals surface area contributed by atoms with E-state index < -0.39 is 57.8 Å². The molecule has 0 heterocycles. The summed E-state index contributed by atoms with van der Waals surface area (Å²) in [5, 5.41) is 2.44. The van der Waals surface area contributed by atoms with Crippen LogP contribution in [0.5, 0.6) is 0 Å². The summed E-state index contributed by atoms with van der Waals surface area (Å²) in [6.07, 6.45) is 0.657. The number of methoxy groups -OCH3 is 1. The number of hydrogen-bond acceptors (Lipinski definition) is 10. The lowest BCUT2D eigenvalue weighted by Crippen LogP contribution is -2.56. The minimum atomic E-state index is -4.79. The number of hydrogen-bond donors (Lipinski definition) is 2. The van der Waals surface area contributed by atoms with Crippen LogP contribution in [0.4, 0.5) is 10.5 Å². The third-order valence-electron chi connectivity index (χ3n) is 5.38. The van der Waals surface area contributed by atoms with Crippen molar-refractivity contribution in [3.63, 3.8) is 0 Å². The zero-order valence-corrected chi connectivity index (χ0v) is 23.2. The summed E-state index contributed by atoms with van der Waals surface area (Å²) in [6, 6.07) is 7.40. The summed E-state index contributed by atoms with van der Waals surface area (Å²) in [4.78, 5) is 49.6. The van der Waals surface area contributed by atoms with Gasteiger partial charge in [-0.15, -0.1) is 6.58 Å². The summed E-state index contributed by atoms with van der Waals surface area (Å²) >= 11 is 0. The molecule has 0 aliphatic heterocycles. The molecule has 1 aliphatic rings. The van der Waals surface area contributed by atoms with Crippen LogP contribution in [0.3, 0.4) is 0 Å². The number of amides is 3. The van der Waals surface area contributed by atoms with E-state index in [-0.39, 0.29) is 38.3 Å². The number of nitrogens with one attached hydrogen (secondary N) is 2. The Hall–Kier alpha value is -3.49. The van der Waals surface area contributed by atoms with Crippen LogP contribution >= 0.6 is 0 Å². The smallest absolute Gasteiger partial charge is 0.408 e. The predicted molar refractivity (Wildman–Crippen MR) is 140 cm³/mol. The third kappa shape index (κ3) is 9.33. The van der Waals surface area contributed by atoms with Gasteiger partial charge in [-0.2, -0.15) is 12.7 Å². The number of benzene rings is 1. The van der Waals surface area contributed by atoms with Crippen LogP contribution < -0.4 is 14.3 Å². The molecule has 1 aliphatic carbocycles. The molecule has 2 rings (SSSR count). The first-order valence-corrected chi connectivity index (χ1v) is 13.5. The van der Waals surface area contributed by atoms with Crippen LogP contribution in [0.2, 0.25) is 0 Å². The van der Waals surface area contributed by atoms with Crippen LogP contribution in [-0.4, -0.2) is 77.0 Å². The number of ether oxygens (including phenoxy) is 4. The minimum absolute atomic E-state index is 0.0362. The van der Waals surface area contributed by atoms with E-state index in [1.807, 2.05) is 4.72 Å². The van der Waals surface area contributed by atoms with Gasteiger partial charge in [0.25, 0.3) is 11.8 Å². The Morgan fingerprint density at radius 3 is 2.31 bits per heavy atom. The number of carbonyl (C=O) groups excluding carboxylic acids is 4. The van der Waals surface area contributed by atoms with Crippen molar-refractivity contribution in [1.29, 1.82) is 0 Å². The van der Waals surface area contributed by atoms with E-state index in [4.69, 9.17) is 14.2 Å². The van der Waals surface area contributed by atoms with Gasteiger partial charge in [0.1, 0.15) is 17.7 Å². The van der Waals surface area contributed by atoms with Crippen molar-refractivity contribution in [1.82, 2.24) is 10.0 Å². The van der Waals surface area contributed by atoms with Crippen molar-refractivity contribution < 1.29 is 46.5 Å². The van der Waals surface area contributed by atoms with E-state index in [2.05, 4.69) is 16.6 Å². The monoisotopic (exact) mass is 569 g/mol. The molecule has 1 aromatic rings. The van der Waals surface area contributed by atoms with Crippen molar-refractivity contribution in [2.24, 2.45) is 5.92 Å². The summed E-state index contributed by atoms with van der Waals surface area (Å²) in [5.41, 5.74) is -2.50. The van der Waals surface area contributed by atoms with Gasteiger partial charge in [-0.3, -0.25) is 14.4 Å². The molecule has 0 spiro atoms. The number of rotatable bonds is 14. The van der Waals surface area contributed by atoms with Crippen LogP contribution in [0.25, 0.3) is 0 Å². The maximum atomic E-state index is 13.3. The fourth-order valence-corrected chi connectivity index (χ4v) is 4.68. The van der Waals surface area contributed by atoms with E-state index in [0.717, 1.165) is 0 Å². The number of nitrogens with zero attached hydrogens (tertiary/aromatic N) is 1. The molecule has 1 fully saturated rings. The molecule has 1 saturated carbocycles. The van der Waals surface area contributed by atoms with Crippen molar-refractivity contribution in [3.05, 3.63) is 43.0 Å². The molecule has 216 valence electrons. The SMILES string of the molecule is C=C[C@@H]1C[C@]1(NC(=O)OC(C)(C)C)C(=O)NS(=O)(=O)N(C(=O)COCCOCCC(=O)OC)c1ccccc1. The van der Waals surface area contributed by atoms with E-state index in [0.29, 0.717) is 4.31 Å². The summed E-state index contributed by atoms with van der Waals surface area (Å²) in [5.74, 6) is -3.03. The average molecular weight is 570 g/mol. The molecule has 0 saturated heterocycles. The fourth-order valence-electron chi connectivity index (χ4n) is 3.45. The summed E-state index contributed by atoms with van der Waals surface area (Å²) in [6.45, 7) is 7.96.